The molecule has 0 spiro atoms. The number of nitrogens with one attached hydrogen (secondary N) is 1. The molecule has 0 radical (unpaired) electrons. The number of rotatable bonds is 3. The fraction of sp³-hybridized carbons (Fsp3) is 1.00. The molecular formula is C10H20N2O3S. The normalized spacial score (nSPS) is 25.8. The monoisotopic (exact) mass is 248 g/mol. The summed E-state index contributed by atoms with van der Waals surface area (Å²) in [6.45, 7) is 4.00. The van der Waals surface area contributed by atoms with Crippen LogP contribution >= 0.6 is 0 Å². The summed E-state index contributed by atoms with van der Waals surface area (Å²) in [7, 11) is -3.06. The Morgan fingerprint density at radius 3 is 2.44 bits per heavy atom. The van der Waals surface area contributed by atoms with Crippen LogP contribution in [0.2, 0.25) is 0 Å². The molecule has 0 amide bonds. The molecule has 0 aromatic rings. The van der Waals surface area contributed by atoms with Crippen LogP contribution in [0.3, 0.4) is 0 Å². The van der Waals surface area contributed by atoms with Gasteiger partial charge in [0.05, 0.1) is 19.0 Å². The van der Waals surface area contributed by atoms with Crippen LogP contribution in [0.5, 0.6) is 0 Å². The van der Waals surface area contributed by atoms with Gasteiger partial charge in [0, 0.05) is 13.1 Å². The summed E-state index contributed by atoms with van der Waals surface area (Å²) in [5.74, 6) is 0.642. The second-order valence-electron chi connectivity index (χ2n) is 4.48. The van der Waals surface area contributed by atoms with Crippen molar-refractivity contribution in [1.29, 1.82) is 0 Å². The summed E-state index contributed by atoms with van der Waals surface area (Å²) in [5, 5.41) is 3.25. The molecule has 6 heteroatoms. The molecule has 5 nitrogen and oxygen atoms in total. The van der Waals surface area contributed by atoms with E-state index in [-0.39, 0.29) is 0 Å². The van der Waals surface area contributed by atoms with Crippen molar-refractivity contribution < 1.29 is 13.2 Å². The van der Waals surface area contributed by atoms with Gasteiger partial charge in [-0.1, -0.05) is 0 Å². The molecule has 2 aliphatic rings. The fourth-order valence-corrected chi connectivity index (χ4v) is 4.12. The minimum absolute atomic E-state index is 0.314. The maximum absolute atomic E-state index is 12.1. The number of nitrogens with zero attached hydrogens (tertiary/aromatic N) is 1. The lowest BCUT2D eigenvalue weighted by atomic mass is 10.0. The maximum Gasteiger partial charge on any atom is 0.214 e. The molecule has 0 bridgehead atoms. The van der Waals surface area contributed by atoms with E-state index in [4.69, 9.17) is 4.74 Å². The number of sulfonamides is 1. The van der Waals surface area contributed by atoms with Crippen LogP contribution < -0.4 is 5.32 Å². The lowest BCUT2D eigenvalue weighted by Crippen LogP contribution is -2.44. The molecular weight excluding hydrogens is 228 g/mol. The van der Waals surface area contributed by atoms with Crippen LogP contribution in [0.1, 0.15) is 12.8 Å². The first kappa shape index (κ1) is 12.3. The van der Waals surface area contributed by atoms with Crippen molar-refractivity contribution in [2.45, 2.75) is 12.8 Å². The Morgan fingerprint density at radius 1 is 1.19 bits per heavy atom. The van der Waals surface area contributed by atoms with Gasteiger partial charge in [-0.25, -0.2) is 8.42 Å². The summed E-state index contributed by atoms with van der Waals surface area (Å²) in [4.78, 5) is 0. The molecule has 0 atom stereocenters. The second-order valence-corrected chi connectivity index (χ2v) is 6.50. The van der Waals surface area contributed by atoms with Crippen molar-refractivity contribution in [3.63, 3.8) is 0 Å². The topological polar surface area (TPSA) is 58.6 Å². The van der Waals surface area contributed by atoms with Gasteiger partial charge in [-0.15, -0.1) is 0 Å². The quantitative estimate of drug-likeness (QED) is 0.741. The summed E-state index contributed by atoms with van der Waals surface area (Å²) in [5.41, 5.74) is 0. The molecule has 0 aliphatic carbocycles. The Morgan fingerprint density at radius 2 is 1.81 bits per heavy atom. The number of hydrogen-bond acceptors (Lipinski definition) is 4. The van der Waals surface area contributed by atoms with E-state index in [2.05, 4.69) is 5.32 Å². The number of hydrogen-bond donors (Lipinski definition) is 1. The molecule has 2 saturated heterocycles. The maximum atomic E-state index is 12.1. The molecule has 2 heterocycles. The summed E-state index contributed by atoms with van der Waals surface area (Å²) in [6, 6.07) is 0. The third-order valence-electron chi connectivity index (χ3n) is 3.27. The van der Waals surface area contributed by atoms with Crippen molar-refractivity contribution in [2.24, 2.45) is 5.92 Å². The van der Waals surface area contributed by atoms with E-state index >= 15 is 0 Å². The third-order valence-corrected chi connectivity index (χ3v) is 5.31. The van der Waals surface area contributed by atoms with E-state index in [0.29, 0.717) is 38.0 Å². The standard InChI is InChI=1S/C10H20N2O3S/c13-16(14,12-5-7-15-8-6-12)9-10-1-3-11-4-2-10/h10-11H,1-9H2. The van der Waals surface area contributed by atoms with Crippen LogP contribution in [0, 0.1) is 5.92 Å². The van der Waals surface area contributed by atoms with Gasteiger partial charge in [-0.3, -0.25) is 0 Å². The Labute approximate surface area is 97.2 Å². The first-order valence-electron chi connectivity index (χ1n) is 5.95. The van der Waals surface area contributed by atoms with Gasteiger partial charge >= 0.3 is 0 Å². The minimum atomic E-state index is -3.06. The molecule has 2 rings (SSSR count). The van der Waals surface area contributed by atoms with Gasteiger partial charge in [0.2, 0.25) is 10.0 Å². The summed E-state index contributed by atoms with van der Waals surface area (Å²) >= 11 is 0. The average Bonchev–Trinajstić information content (AvgIpc) is 2.31. The minimum Gasteiger partial charge on any atom is -0.379 e. The lowest BCUT2D eigenvalue weighted by molar-refractivity contribution is 0.0728. The van der Waals surface area contributed by atoms with Crippen molar-refractivity contribution in [1.82, 2.24) is 9.62 Å². The molecule has 0 saturated carbocycles. The van der Waals surface area contributed by atoms with Gasteiger partial charge in [-0.2, -0.15) is 4.31 Å². The smallest absolute Gasteiger partial charge is 0.214 e. The molecule has 1 N–H and O–H groups in total. The molecule has 0 aromatic heterocycles. The number of morpholine rings is 1. The van der Waals surface area contributed by atoms with Crippen molar-refractivity contribution >= 4 is 10.0 Å². The van der Waals surface area contributed by atoms with E-state index in [1.807, 2.05) is 0 Å². The van der Waals surface area contributed by atoms with Crippen molar-refractivity contribution in [2.75, 3.05) is 45.1 Å². The van der Waals surface area contributed by atoms with Gasteiger partial charge in [0.1, 0.15) is 0 Å². The van der Waals surface area contributed by atoms with Gasteiger partial charge in [-0.05, 0) is 31.8 Å². The third kappa shape index (κ3) is 3.16. The Kier molecular flexibility index (Phi) is 4.18. The van der Waals surface area contributed by atoms with E-state index in [1.54, 1.807) is 4.31 Å². The predicted octanol–water partition coefficient (Wildman–Crippen LogP) is -0.352. The van der Waals surface area contributed by atoms with E-state index in [1.165, 1.54) is 0 Å². The highest BCUT2D eigenvalue weighted by molar-refractivity contribution is 7.89. The first-order chi connectivity index (χ1) is 7.68. The molecule has 16 heavy (non-hydrogen) atoms. The highest BCUT2D eigenvalue weighted by atomic mass is 32.2. The van der Waals surface area contributed by atoms with Gasteiger partial charge in [0.25, 0.3) is 0 Å². The zero-order valence-electron chi connectivity index (χ0n) is 9.52. The van der Waals surface area contributed by atoms with Crippen LogP contribution in [0.15, 0.2) is 0 Å². The lowest BCUT2D eigenvalue weighted by Gasteiger charge is -2.29. The van der Waals surface area contributed by atoms with E-state index in [0.717, 1.165) is 25.9 Å². The van der Waals surface area contributed by atoms with Crippen LogP contribution in [-0.2, 0) is 14.8 Å². The average molecular weight is 248 g/mol. The van der Waals surface area contributed by atoms with Crippen LogP contribution in [-0.4, -0.2) is 57.9 Å². The Balaban J connectivity index is 1.90. The summed E-state index contributed by atoms with van der Waals surface area (Å²) in [6.07, 6.45) is 1.95. The zero-order valence-corrected chi connectivity index (χ0v) is 10.3. The Hall–Kier alpha value is -0.170. The van der Waals surface area contributed by atoms with E-state index < -0.39 is 10.0 Å². The summed E-state index contributed by atoms with van der Waals surface area (Å²) < 4.78 is 31.0. The highest BCUT2D eigenvalue weighted by Gasteiger charge is 2.28. The van der Waals surface area contributed by atoms with Crippen molar-refractivity contribution in [3.05, 3.63) is 0 Å². The molecule has 94 valence electrons. The van der Waals surface area contributed by atoms with E-state index in [9.17, 15) is 8.42 Å². The zero-order chi connectivity index (χ0) is 11.4. The number of ether oxygens (including phenoxy) is 1. The Bertz CT molecular complexity index is 306. The number of piperidine rings is 1. The van der Waals surface area contributed by atoms with Crippen LogP contribution in [0.25, 0.3) is 0 Å². The molecule has 2 fully saturated rings. The largest absolute Gasteiger partial charge is 0.379 e. The molecule has 0 aromatic carbocycles. The first-order valence-corrected chi connectivity index (χ1v) is 7.56. The van der Waals surface area contributed by atoms with Crippen LogP contribution in [0.4, 0.5) is 0 Å². The van der Waals surface area contributed by atoms with Gasteiger partial charge < -0.3 is 10.1 Å². The van der Waals surface area contributed by atoms with Gasteiger partial charge in [0.15, 0.2) is 0 Å². The van der Waals surface area contributed by atoms with Crippen molar-refractivity contribution in [3.8, 4) is 0 Å². The second kappa shape index (κ2) is 5.44. The SMILES string of the molecule is O=S(=O)(CC1CCNCC1)N1CCOCC1. The molecule has 0 unspecified atom stereocenters. The fourth-order valence-electron chi connectivity index (χ4n) is 2.28. The molecule has 2 aliphatic heterocycles. The predicted molar refractivity (Wildman–Crippen MR) is 61.8 cm³/mol. The highest BCUT2D eigenvalue weighted by Crippen LogP contribution is 2.17.